The fourth-order valence-electron chi connectivity index (χ4n) is 0.893. The standard InChI is InChI=1S/C8H6Br2ClF/c9-4-3-5-7(12)2-1-6(10)8(5)11/h1-2H,3-4H2. The summed E-state index contributed by atoms with van der Waals surface area (Å²) in [6.07, 6.45) is 0.601. The molecule has 0 fully saturated rings. The van der Waals surface area contributed by atoms with Gasteiger partial charge in [-0.1, -0.05) is 27.5 Å². The Morgan fingerprint density at radius 2 is 2.08 bits per heavy atom. The van der Waals surface area contributed by atoms with Crippen LogP contribution in [0.15, 0.2) is 16.6 Å². The van der Waals surface area contributed by atoms with Gasteiger partial charge in [0.05, 0.1) is 5.02 Å². The molecule has 4 heteroatoms. The number of halogens is 4. The van der Waals surface area contributed by atoms with Crippen molar-refractivity contribution in [2.45, 2.75) is 6.42 Å². The molecule has 0 saturated heterocycles. The molecule has 0 heterocycles. The van der Waals surface area contributed by atoms with Gasteiger partial charge in [0.2, 0.25) is 0 Å². The van der Waals surface area contributed by atoms with E-state index in [-0.39, 0.29) is 5.82 Å². The lowest BCUT2D eigenvalue weighted by Crippen LogP contribution is -1.93. The predicted molar refractivity (Wildman–Crippen MR) is 56.6 cm³/mol. The summed E-state index contributed by atoms with van der Waals surface area (Å²) < 4.78 is 13.8. The van der Waals surface area contributed by atoms with E-state index in [2.05, 4.69) is 31.9 Å². The van der Waals surface area contributed by atoms with Crippen LogP contribution in [-0.4, -0.2) is 5.33 Å². The molecule has 1 aromatic rings. The summed E-state index contributed by atoms with van der Waals surface area (Å²) in [5.74, 6) is -0.248. The van der Waals surface area contributed by atoms with E-state index in [1.807, 2.05) is 0 Å². The zero-order valence-electron chi connectivity index (χ0n) is 6.08. The van der Waals surface area contributed by atoms with Crippen molar-refractivity contribution >= 4 is 43.5 Å². The Balaban J connectivity index is 3.14. The molecule has 0 N–H and O–H groups in total. The van der Waals surface area contributed by atoms with Crippen LogP contribution in [0.1, 0.15) is 5.56 Å². The van der Waals surface area contributed by atoms with E-state index >= 15 is 0 Å². The smallest absolute Gasteiger partial charge is 0.127 e. The Labute approximate surface area is 92.4 Å². The Kier molecular flexibility index (Phi) is 4.00. The van der Waals surface area contributed by atoms with Gasteiger partial charge in [-0.15, -0.1) is 0 Å². The van der Waals surface area contributed by atoms with Crippen molar-refractivity contribution in [3.05, 3.63) is 33.0 Å². The normalized spacial score (nSPS) is 10.3. The van der Waals surface area contributed by atoms with Crippen LogP contribution in [0.3, 0.4) is 0 Å². The maximum Gasteiger partial charge on any atom is 0.127 e. The van der Waals surface area contributed by atoms with Crippen molar-refractivity contribution in [3.63, 3.8) is 0 Å². The van der Waals surface area contributed by atoms with E-state index in [1.54, 1.807) is 6.07 Å². The quantitative estimate of drug-likeness (QED) is 0.567. The highest BCUT2D eigenvalue weighted by Gasteiger charge is 2.08. The summed E-state index contributed by atoms with van der Waals surface area (Å²) in [5, 5.41) is 1.18. The van der Waals surface area contributed by atoms with Crippen LogP contribution in [0.5, 0.6) is 0 Å². The Morgan fingerprint density at radius 3 is 2.67 bits per heavy atom. The second-order valence-corrected chi connectivity index (χ2v) is 4.29. The molecule has 0 radical (unpaired) electrons. The second kappa shape index (κ2) is 4.58. The summed E-state index contributed by atoms with van der Waals surface area (Å²) in [6.45, 7) is 0. The average molecular weight is 316 g/mol. The van der Waals surface area contributed by atoms with E-state index < -0.39 is 0 Å². The van der Waals surface area contributed by atoms with Crippen molar-refractivity contribution < 1.29 is 4.39 Å². The summed E-state index contributed by atoms with van der Waals surface area (Å²) >= 11 is 12.3. The van der Waals surface area contributed by atoms with E-state index in [9.17, 15) is 4.39 Å². The molecule has 0 saturated carbocycles. The van der Waals surface area contributed by atoms with E-state index in [0.29, 0.717) is 22.3 Å². The Hall–Kier alpha value is 0.400. The van der Waals surface area contributed by atoms with Gasteiger partial charge in [-0.3, -0.25) is 0 Å². The highest BCUT2D eigenvalue weighted by Crippen LogP contribution is 2.28. The van der Waals surface area contributed by atoms with Gasteiger partial charge >= 0.3 is 0 Å². The minimum Gasteiger partial charge on any atom is -0.207 e. The van der Waals surface area contributed by atoms with Gasteiger partial charge in [0, 0.05) is 15.4 Å². The van der Waals surface area contributed by atoms with Crippen molar-refractivity contribution in [1.29, 1.82) is 0 Å². The van der Waals surface area contributed by atoms with Crippen molar-refractivity contribution in [1.82, 2.24) is 0 Å². The molecule has 0 bridgehead atoms. The maximum atomic E-state index is 13.1. The van der Waals surface area contributed by atoms with Gasteiger partial charge in [-0.05, 0) is 34.5 Å². The minimum absolute atomic E-state index is 0.248. The molecule has 0 unspecified atom stereocenters. The lowest BCUT2D eigenvalue weighted by molar-refractivity contribution is 0.612. The van der Waals surface area contributed by atoms with Crippen LogP contribution in [0.2, 0.25) is 5.02 Å². The van der Waals surface area contributed by atoms with Crippen LogP contribution < -0.4 is 0 Å². The topological polar surface area (TPSA) is 0 Å². The molecule has 0 aliphatic rings. The molecule has 0 aliphatic heterocycles. The van der Waals surface area contributed by atoms with E-state index in [1.165, 1.54) is 6.07 Å². The largest absolute Gasteiger partial charge is 0.207 e. The minimum atomic E-state index is -0.248. The maximum absolute atomic E-state index is 13.1. The van der Waals surface area contributed by atoms with Gasteiger partial charge in [-0.25, -0.2) is 4.39 Å². The third kappa shape index (κ3) is 2.21. The molecule has 0 aliphatic carbocycles. The zero-order valence-corrected chi connectivity index (χ0v) is 10.0. The van der Waals surface area contributed by atoms with Crippen molar-refractivity contribution in [2.24, 2.45) is 0 Å². The van der Waals surface area contributed by atoms with Gasteiger partial charge in [-0.2, -0.15) is 0 Å². The van der Waals surface area contributed by atoms with Gasteiger partial charge in [0.25, 0.3) is 0 Å². The summed E-state index contributed by atoms with van der Waals surface area (Å²) in [4.78, 5) is 0. The first kappa shape index (κ1) is 10.5. The Morgan fingerprint density at radius 1 is 1.42 bits per heavy atom. The molecular weight excluding hydrogens is 310 g/mol. The number of benzene rings is 1. The molecule has 0 spiro atoms. The molecule has 0 amide bonds. The first-order valence-electron chi connectivity index (χ1n) is 3.35. The molecule has 66 valence electrons. The molecular formula is C8H6Br2ClF. The van der Waals surface area contributed by atoms with Crippen LogP contribution in [0.4, 0.5) is 4.39 Å². The number of alkyl halides is 1. The number of rotatable bonds is 2. The Bertz CT molecular complexity index is 289. The molecule has 12 heavy (non-hydrogen) atoms. The lowest BCUT2D eigenvalue weighted by atomic mass is 10.1. The third-order valence-corrected chi connectivity index (χ3v) is 3.20. The van der Waals surface area contributed by atoms with Crippen LogP contribution in [0, 0.1) is 5.82 Å². The monoisotopic (exact) mass is 314 g/mol. The molecule has 1 aromatic carbocycles. The highest BCUT2D eigenvalue weighted by atomic mass is 79.9. The molecule has 0 nitrogen and oxygen atoms in total. The second-order valence-electron chi connectivity index (χ2n) is 2.26. The van der Waals surface area contributed by atoms with Crippen molar-refractivity contribution in [3.8, 4) is 0 Å². The van der Waals surface area contributed by atoms with Crippen molar-refractivity contribution in [2.75, 3.05) is 5.33 Å². The molecule has 1 rings (SSSR count). The fraction of sp³-hybridized carbons (Fsp3) is 0.250. The summed E-state index contributed by atoms with van der Waals surface area (Å²) in [7, 11) is 0. The van der Waals surface area contributed by atoms with E-state index in [4.69, 9.17) is 11.6 Å². The number of hydrogen-bond acceptors (Lipinski definition) is 0. The van der Waals surface area contributed by atoms with E-state index in [0.717, 1.165) is 4.47 Å². The third-order valence-electron chi connectivity index (χ3n) is 1.48. The summed E-state index contributed by atoms with van der Waals surface area (Å²) in [6, 6.07) is 3.02. The fourth-order valence-corrected chi connectivity index (χ4v) is 1.91. The number of hydrogen-bond donors (Lipinski definition) is 0. The van der Waals surface area contributed by atoms with Gasteiger partial charge in [0.1, 0.15) is 5.82 Å². The van der Waals surface area contributed by atoms with Gasteiger partial charge < -0.3 is 0 Å². The first-order valence-corrected chi connectivity index (χ1v) is 5.64. The van der Waals surface area contributed by atoms with Crippen LogP contribution in [0.25, 0.3) is 0 Å². The van der Waals surface area contributed by atoms with Crippen LogP contribution in [-0.2, 0) is 6.42 Å². The van der Waals surface area contributed by atoms with Gasteiger partial charge in [0.15, 0.2) is 0 Å². The first-order chi connectivity index (χ1) is 5.66. The summed E-state index contributed by atoms with van der Waals surface area (Å²) in [5.41, 5.74) is 0.558. The SMILES string of the molecule is Fc1ccc(Br)c(Cl)c1CCBr. The highest BCUT2D eigenvalue weighted by molar-refractivity contribution is 9.10. The lowest BCUT2D eigenvalue weighted by Gasteiger charge is -2.04. The van der Waals surface area contributed by atoms with Crippen LogP contribution >= 0.6 is 43.5 Å². The molecule has 0 atom stereocenters. The zero-order chi connectivity index (χ0) is 9.14. The molecule has 0 aromatic heterocycles. The average Bonchev–Trinajstić information content (AvgIpc) is 2.06. The predicted octanol–water partition coefficient (Wildman–Crippen LogP) is 4.18.